The summed E-state index contributed by atoms with van der Waals surface area (Å²) in [6.45, 7) is -1.57. The van der Waals surface area contributed by atoms with E-state index in [1.165, 1.54) is 0 Å². The molecule has 17 heavy (non-hydrogen) atoms. The van der Waals surface area contributed by atoms with E-state index in [-0.39, 0.29) is 12.4 Å². The maximum absolute atomic E-state index is 11.9. The molecule has 1 aliphatic rings. The Bertz CT molecular complexity index is 423. The molecule has 0 aliphatic heterocycles. The Labute approximate surface area is 101 Å². The Balaban J connectivity index is 2.00. The fourth-order valence-corrected chi connectivity index (χ4v) is 2.06. The van der Waals surface area contributed by atoms with Crippen molar-refractivity contribution in [1.29, 1.82) is 0 Å². The summed E-state index contributed by atoms with van der Waals surface area (Å²) in [7, 11) is 0. The lowest BCUT2D eigenvalue weighted by atomic mass is 10.3. The van der Waals surface area contributed by atoms with Gasteiger partial charge in [-0.2, -0.15) is 13.2 Å². The molecule has 1 aliphatic carbocycles. The van der Waals surface area contributed by atoms with E-state index in [2.05, 4.69) is 14.7 Å². The van der Waals surface area contributed by atoms with Gasteiger partial charge in [0, 0.05) is 11.3 Å². The van der Waals surface area contributed by atoms with Crippen LogP contribution in [0.2, 0.25) is 5.15 Å². The zero-order valence-electron chi connectivity index (χ0n) is 8.85. The number of hydrogen-bond donors (Lipinski definition) is 0. The monoisotopic (exact) mass is 266 g/mol. The molecule has 0 bridgehead atoms. The highest BCUT2D eigenvalue weighted by Gasteiger charge is 2.27. The van der Waals surface area contributed by atoms with Gasteiger partial charge in [-0.05, 0) is 19.3 Å². The van der Waals surface area contributed by atoms with Gasteiger partial charge in [0.2, 0.25) is 0 Å². The van der Waals surface area contributed by atoms with Crippen LogP contribution in [-0.4, -0.2) is 22.8 Å². The standard InChI is InChI=1S/C10H10ClF3N2O/c11-9-6-2-1-3-7(6)15-8(16-9)4-17-5-10(12,13)14/h1-5H2. The molecule has 1 aromatic rings. The minimum Gasteiger partial charge on any atom is -0.364 e. The van der Waals surface area contributed by atoms with Gasteiger partial charge in [0.15, 0.2) is 5.82 Å². The molecule has 2 rings (SSSR count). The van der Waals surface area contributed by atoms with Crippen molar-refractivity contribution in [1.82, 2.24) is 9.97 Å². The van der Waals surface area contributed by atoms with Gasteiger partial charge in [-0.25, -0.2) is 9.97 Å². The number of fused-ring (bicyclic) bond motifs is 1. The molecule has 0 N–H and O–H groups in total. The molecule has 0 fully saturated rings. The first-order valence-electron chi connectivity index (χ1n) is 5.14. The maximum atomic E-state index is 11.9. The summed E-state index contributed by atoms with van der Waals surface area (Å²) >= 11 is 5.91. The van der Waals surface area contributed by atoms with E-state index in [0.29, 0.717) is 5.15 Å². The number of hydrogen-bond acceptors (Lipinski definition) is 3. The minimum atomic E-state index is -4.33. The van der Waals surface area contributed by atoms with Crippen LogP contribution in [0.5, 0.6) is 0 Å². The average Bonchev–Trinajstić information content (AvgIpc) is 2.64. The minimum absolute atomic E-state index is 0.208. The van der Waals surface area contributed by atoms with Crippen LogP contribution in [0.25, 0.3) is 0 Å². The fourth-order valence-electron chi connectivity index (χ4n) is 1.76. The summed E-state index contributed by atoms with van der Waals surface area (Å²) in [4.78, 5) is 8.07. The first-order chi connectivity index (χ1) is 7.96. The summed E-state index contributed by atoms with van der Waals surface area (Å²) in [5.74, 6) is 0.208. The molecule has 0 unspecified atom stereocenters. The molecule has 0 amide bonds. The molecular weight excluding hydrogens is 257 g/mol. The number of ether oxygens (including phenoxy) is 1. The lowest BCUT2D eigenvalue weighted by Crippen LogP contribution is -2.17. The van der Waals surface area contributed by atoms with Gasteiger partial charge in [-0.1, -0.05) is 11.6 Å². The molecule has 0 saturated carbocycles. The van der Waals surface area contributed by atoms with Gasteiger partial charge >= 0.3 is 6.18 Å². The molecule has 7 heteroatoms. The average molecular weight is 267 g/mol. The van der Waals surface area contributed by atoms with Crippen molar-refractivity contribution in [3.05, 3.63) is 22.2 Å². The molecule has 94 valence electrons. The Hall–Kier alpha value is -0.880. The summed E-state index contributed by atoms with van der Waals surface area (Å²) in [5.41, 5.74) is 1.74. The van der Waals surface area contributed by atoms with Crippen LogP contribution in [0, 0.1) is 0 Å². The van der Waals surface area contributed by atoms with Crippen molar-refractivity contribution in [2.24, 2.45) is 0 Å². The van der Waals surface area contributed by atoms with E-state index in [1.807, 2.05) is 0 Å². The molecule has 1 heterocycles. The maximum Gasteiger partial charge on any atom is 0.411 e. The van der Waals surface area contributed by atoms with Crippen LogP contribution in [0.1, 0.15) is 23.5 Å². The van der Waals surface area contributed by atoms with E-state index < -0.39 is 12.8 Å². The SMILES string of the molecule is FC(F)(F)COCc1nc(Cl)c2c(n1)CCC2. The molecule has 0 spiro atoms. The van der Waals surface area contributed by atoms with Crippen LogP contribution in [0.4, 0.5) is 13.2 Å². The van der Waals surface area contributed by atoms with E-state index in [4.69, 9.17) is 11.6 Å². The normalized spacial score (nSPS) is 15.1. The first-order valence-corrected chi connectivity index (χ1v) is 5.52. The molecule has 3 nitrogen and oxygen atoms in total. The van der Waals surface area contributed by atoms with Crippen molar-refractivity contribution in [3.63, 3.8) is 0 Å². The molecule has 0 aromatic carbocycles. The van der Waals surface area contributed by atoms with Crippen molar-refractivity contribution in [3.8, 4) is 0 Å². The second-order valence-electron chi connectivity index (χ2n) is 3.82. The van der Waals surface area contributed by atoms with Gasteiger partial charge in [-0.15, -0.1) is 0 Å². The van der Waals surface area contributed by atoms with E-state index >= 15 is 0 Å². The lowest BCUT2D eigenvalue weighted by molar-refractivity contribution is -0.177. The fraction of sp³-hybridized carbons (Fsp3) is 0.600. The number of halogens is 4. The third kappa shape index (κ3) is 3.29. The van der Waals surface area contributed by atoms with Crippen molar-refractivity contribution in [2.45, 2.75) is 32.0 Å². The largest absolute Gasteiger partial charge is 0.411 e. The number of aromatic nitrogens is 2. The van der Waals surface area contributed by atoms with Gasteiger partial charge in [0.25, 0.3) is 0 Å². The predicted molar refractivity (Wildman–Crippen MR) is 54.8 cm³/mol. The first kappa shape index (κ1) is 12.6. The van der Waals surface area contributed by atoms with Gasteiger partial charge in [-0.3, -0.25) is 0 Å². The van der Waals surface area contributed by atoms with Crippen LogP contribution in [0.3, 0.4) is 0 Å². The quantitative estimate of drug-likeness (QED) is 0.789. The Morgan fingerprint density at radius 1 is 1.24 bits per heavy atom. The molecule has 0 atom stereocenters. The number of nitrogens with zero attached hydrogens (tertiary/aromatic N) is 2. The van der Waals surface area contributed by atoms with Crippen LogP contribution < -0.4 is 0 Å². The van der Waals surface area contributed by atoms with E-state index in [1.54, 1.807) is 0 Å². The van der Waals surface area contributed by atoms with Crippen molar-refractivity contribution < 1.29 is 17.9 Å². The molecule has 0 radical (unpaired) electrons. The zero-order valence-corrected chi connectivity index (χ0v) is 9.61. The predicted octanol–water partition coefficient (Wildman–Crippen LogP) is 2.70. The van der Waals surface area contributed by atoms with E-state index in [0.717, 1.165) is 30.5 Å². The highest BCUT2D eigenvalue weighted by Crippen LogP contribution is 2.26. The van der Waals surface area contributed by atoms with Crippen molar-refractivity contribution >= 4 is 11.6 Å². The van der Waals surface area contributed by atoms with Gasteiger partial charge in [0.1, 0.15) is 18.4 Å². The summed E-state index contributed by atoms with van der Waals surface area (Å²) in [6.07, 6.45) is -1.75. The molecular formula is C10H10ClF3N2O. The summed E-state index contributed by atoms with van der Waals surface area (Å²) in [5, 5.41) is 0.332. The third-order valence-electron chi connectivity index (χ3n) is 2.43. The third-order valence-corrected chi connectivity index (χ3v) is 2.74. The smallest absolute Gasteiger partial charge is 0.364 e. The van der Waals surface area contributed by atoms with Crippen molar-refractivity contribution in [2.75, 3.05) is 6.61 Å². The highest BCUT2D eigenvalue weighted by molar-refractivity contribution is 6.30. The Morgan fingerprint density at radius 3 is 2.71 bits per heavy atom. The topological polar surface area (TPSA) is 35.0 Å². The van der Waals surface area contributed by atoms with Gasteiger partial charge < -0.3 is 4.74 Å². The summed E-state index contributed by atoms with van der Waals surface area (Å²) < 4.78 is 40.1. The Morgan fingerprint density at radius 2 is 2.00 bits per heavy atom. The van der Waals surface area contributed by atoms with Crippen LogP contribution in [0.15, 0.2) is 0 Å². The lowest BCUT2D eigenvalue weighted by Gasteiger charge is -2.08. The number of aryl methyl sites for hydroxylation is 1. The van der Waals surface area contributed by atoms with Gasteiger partial charge in [0.05, 0.1) is 0 Å². The second kappa shape index (κ2) is 4.78. The molecule has 1 aromatic heterocycles. The second-order valence-corrected chi connectivity index (χ2v) is 4.18. The summed E-state index contributed by atoms with van der Waals surface area (Å²) in [6, 6.07) is 0. The molecule has 0 saturated heterocycles. The van der Waals surface area contributed by atoms with Crippen LogP contribution >= 0.6 is 11.6 Å². The highest BCUT2D eigenvalue weighted by atomic mass is 35.5. The Kier molecular flexibility index (Phi) is 3.53. The van der Waals surface area contributed by atoms with E-state index in [9.17, 15) is 13.2 Å². The van der Waals surface area contributed by atoms with Crippen LogP contribution in [-0.2, 0) is 24.2 Å². The zero-order chi connectivity index (χ0) is 12.5. The number of alkyl halides is 3. The number of rotatable bonds is 3.